The molecule has 4 rings (SSSR count). The maximum Gasteiger partial charge on any atom is 0.329 e. The molecule has 0 unspecified atom stereocenters. The fraction of sp³-hybridized carbons (Fsp3) is 0.545. The average molecular weight is 320 g/mol. The molecule has 0 aromatic carbocycles. The van der Waals surface area contributed by atoms with E-state index in [1.165, 1.54) is 18.0 Å². The van der Waals surface area contributed by atoms with Gasteiger partial charge in [0.05, 0.1) is 11.0 Å². The molecule has 2 aromatic heterocycles. The summed E-state index contributed by atoms with van der Waals surface area (Å²) < 4.78 is 1.75. The van der Waals surface area contributed by atoms with Gasteiger partial charge in [0.25, 0.3) is 0 Å². The summed E-state index contributed by atoms with van der Waals surface area (Å²) in [6, 6.07) is 0.614. The molecular weight excluding hydrogens is 308 g/mol. The zero-order valence-corrected chi connectivity index (χ0v) is 12.2. The molecule has 2 aromatic rings. The number of nitrogens with zero attached hydrogens (tertiary/aromatic N) is 7. The van der Waals surface area contributed by atoms with Gasteiger partial charge in [-0.25, -0.2) is 9.67 Å². The average Bonchev–Trinajstić information content (AvgIpc) is 3.41. The van der Waals surface area contributed by atoms with Gasteiger partial charge in [0, 0.05) is 6.04 Å². The van der Waals surface area contributed by atoms with Crippen LogP contribution in [-0.2, 0) is 0 Å². The lowest BCUT2D eigenvalue weighted by Gasteiger charge is -2.06. The molecule has 0 aliphatic heterocycles. The third kappa shape index (κ3) is 2.71. The molecule has 0 atom stereocenters. The summed E-state index contributed by atoms with van der Waals surface area (Å²) in [4.78, 5) is 18.9. The van der Waals surface area contributed by atoms with Crippen LogP contribution in [0.4, 0.5) is 11.5 Å². The number of nitro groups is 1. The van der Waals surface area contributed by atoms with Crippen LogP contribution < -0.4 is 5.32 Å². The number of nitrogens with one attached hydrogen (secondary N) is 1. The Kier molecular flexibility index (Phi) is 3.13. The third-order valence-electron chi connectivity index (χ3n) is 3.40. The van der Waals surface area contributed by atoms with Gasteiger partial charge in [-0.05, 0) is 47.9 Å². The Balaban J connectivity index is 1.60. The lowest BCUT2D eigenvalue weighted by molar-refractivity contribution is -0.384. The molecule has 2 saturated carbocycles. The molecule has 2 fully saturated rings. The maximum absolute atomic E-state index is 11.0. The van der Waals surface area contributed by atoms with E-state index in [-0.39, 0.29) is 17.5 Å². The smallest absolute Gasteiger partial charge is 0.329 e. The first-order chi connectivity index (χ1) is 10.7. The maximum atomic E-state index is 11.0. The van der Waals surface area contributed by atoms with Crippen molar-refractivity contribution in [3.8, 4) is 0 Å². The number of aromatic nitrogens is 6. The lowest BCUT2D eigenvalue weighted by atomic mass is 10.4. The first kappa shape index (κ1) is 13.4. The van der Waals surface area contributed by atoms with E-state index in [1.807, 2.05) is 0 Å². The van der Waals surface area contributed by atoms with E-state index < -0.39 is 4.92 Å². The minimum Gasteiger partial charge on any atom is -0.361 e. The molecule has 0 radical (unpaired) electrons. The second kappa shape index (κ2) is 5.16. The number of tetrazole rings is 1. The summed E-state index contributed by atoms with van der Waals surface area (Å²) in [5.74, 6) is 0.260. The molecule has 22 heavy (non-hydrogen) atoms. The van der Waals surface area contributed by atoms with Crippen molar-refractivity contribution < 1.29 is 4.92 Å². The second-order valence-corrected chi connectivity index (χ2v) is 6.24. The SMILES string of the molecule is O=[N+]([O-])c1cnc(Sc2nnnn2C2CC2)nc1NC1CC1. The number of anilines is 1. The largest absolute Gasteiger partial charge is 0.361 e. The number of hydrogen-bond donors (Lipinski definition) is 1. The van der Waals surface area contributed by atoms with Crippen molar-refractivity contribution in [3.05, 3.63) is 16.3 Å². The van der Waals surface area contributed by atoms with E-state index in [9.17, 15) is 10.1 Å². The van der Waals surface area contributed by atoms with Gasteiger partial charge in [0.15, 0.2) is 5.16 Å². The van der Waals surface area contributed by atoms with Crippen LogP contribution in [0.5, 0.6) is 0 Å². The molecule has 0 amide bonds. The molecule has 2 heterocycles. The van der Waals surface area contributed by atoms with Gasteiger partial charge >= 0.3 is 5.69 Å². The van der Waals surface area contributed by atoms with Gasteiger partial charge < -0.3 is 5.32 Å². The second-order valence-electron chi connectivity index (χ2n) is 5.30. The zero-order chi connectivity index (χ0) is 15.1. The van der Waals surface area contributed by atoms with Crippen molar-refractivity contribution in [2.75, 3.05) is 5.32 Å². The summed E-state index contributed by atoms with van der Waals surface area (Å²) in [7, 11) is 0. The molecule has 114 valence electrons. The molecular formula is C11H12N8O2S. The fourth-order valence-electron chi connectivity index (χ4n) is 1.95. The van der Waals surface area contributed by atoms with E-state index in [0.717, 1.165) is 25.7 Å². The summed E-state index contributed by atoms with van der Waals surface area (Å²) >= 11 is 1.21. The van der Waals surface area contributed by atoms with Crippen LogP contribution in [0.25, 0.3) is 0 Å². The minimum atomic E-state index is -0.479. The fourth-order valence-corrected chi connectivity index (χ4v) is 2.71. The van der Waals surface area contributed by atoms with Crippen molar-refractivity contribution in [1.29, 1.82) is 0 Å². The van der Waals surface area contributed by atoms with E-state index in [4.69, 9.17) is 0 Å². The molecule has 0 spiro atoms. The Labute approximate surface area is 128 Å². The van der Waals surface area contributed by atoms with Gasteiger partial charge in [-0.2, -0.15) is 4.98 Å². The van der Waals surface area contributed by atoms with Crippen molar-refractivity contribution in [3.63, 3.8) is 0 Å². The Morgan fingerprint density at radius 1 is 1.36 bits per heavy atom. The highest BCUT2D eigenvalue weighted by Crippen LogP contribution is 2.38. The highest BCUT2D eigenvalue weighted by atomic mass is 32.2. The standard InChI is InChI=1S/C11H12N8O2S/c20-19(21)8-5-12-10(14-9(8)13-6-1-2-6)22-11-15-16-17-18(11)7-3-4-7/h5-7H,1-4H2,(H,12,13,14). The van der Waals surface area contributed by atoms with Crippen molar-refractivity contribution >= 4 is 23.3 Å². The van der Waals surface area contributed by atoms with Gasteiger partial charge in [0.1, 0.15) is 6.20 Å². The molecule has 2 aliphatic rings. The van der Waals surface area contributed by atoms with Crippen molar-refractivity contribution in [1.82, 2.24) is 30.2 Å². The summed E-state index contributed by atoms with van der Waals surface area (Å²) in [6.45, 7) is 0. The van der Waals surface area contributed by atoms with Crippen LogP contribution in [0.1, 0.15) is 31.7 Å². The van der Waals surface area contributed by atoms with Crippen LogP contribution in [0.2, 0.25) is 0 Å². The van der Waals surface area contributed by atoms with Crippen LogP contribution >= 0.6 is 11.8 Å². The molecule has 11 heteroatoms. The number of rotatable bonds is 6. The highest BCUT2D eigenvalue weighted by molar-refractivity contribution is 7.99. The minimum absolute atomic E-state index is 0.113. The summed E-state index contributed by atoms with van der Waals surface area (Å²) in [5, 5.41) is 26.7. The normalized spacial score (nSPS) is 17.5. The zero-order valence-electron chi connectivity index (χ0n) is 11.4. The Morgan fingerprint density at radius 2 is 2.18 bits per heavy atom. The summed E-state index contributed by atoms with van der Waals surface area (Å²) in [5.41, 5.74) is -0.113. The van der Waals surface area contributed by atoms with Crippen molar-refractivity contribution in [2.45, 2.75) is 48.1 Å². The van der Waals surface area contributed by atoms with Crippen LogP contribution in [0, 0.1) is 10.1 Å². The van der Waals surface area contributed by atoms with Gasteiger partial charge in [-0.15, -0.1) is 5.10 Å². The van der Waals surface area contributed by atoms with Gasteiger partial charge in [0.2, 0.25) is 11.0 Å². The Morgan fingerprint density at radius 3 is 2.86 bits per heavy atom. The first-order valence-corrected chi connectivity index (χ1v) is 7.76. The molecule has 0 bridgehead atoms. The lowest BCUT2D eigenvalue weighted by Crippen LogP contribution is -2.08. The predicted octanol–water partition coefficient (Wildman–Crippen LogP) is 1.43. The predicted molar refractivity (Wildman–Crippen MR) is 75.5 cm³/mol. The molecule has 2 aliphatic carbocycles. The van der Waals surface area contributed by atoms with Gasteiger partial charge in [-0.1, -0.05) is 0 Å². The third-order valence-corrected chi connectivity index (χ3v) is 4.23. The monoisotopic (exact) mass is 320 g/mol. The van der Waals surface area contributed by atoms with E-state index in [1.54, 1.807) is 4.68 Å². The molecule has 10 nitrogen and oxygen atoms in total. The van der Waals surface area contributed by atoms with E-state index >= 15 is 0 Å². The highest BCUT2D eigenvalue weighted by Gasteiger charge is 2.30. The van der Waals surface area contributed by atoms with Crippen molar-refractivity contribution in [2.24, 2.45) is 0 Å². The van der Waals surface area contributed by atoms with E-state index in [2.05, 4.69) is 30.8 Å². The Bertz CT molecular complexity index is 727. The molecule has 1 N–H and O–H groups in total. The summed E-state index contributed by atoms with van der Waals surface area (Å²) in [6.07, 6.45) is 5.36. The van der Waals surface area contributed by atoms with Crippen LogP contribution in [0.3, 0.4) is 0 Å². The first-order valence-electron chi connectivity index (χ1n) is 6.94. The Hall–Kier alpha value is -2.30. The van der Waals surface area contributed by atoms with Crippen LogP contribution in [0.15, 0.2) is 16.5 Å². The topological polar surface area (TPSA) is 125 Å². The van der Waals surface area contributed by atoms with E-state index in [0.29, 0.717) is 16.4 Å². The molecule has 0 saturated heterocycles. The van der Waals surface area contributed by atoms with Crippen LogP contribution in [-0.4, -0.2) is 41.1 Å². The quantitative estimate of drug-likeness (QED) is 0.478. The number of hydrogen-bond acceptors (Lipinski definition) is 9. The van der Waals surface area contributed by atoms with Gasteiger partial charge in [-0.3, -0.25) is 10.1 Å².